The molecule has 1 aliphatic rings. The van der Waals surface area contributed by atoms with Crippen LogP contribution in [-0.4, -0.2) is 14.8 Å². The fraction of sp³-hybridized carbons (Fsp3) is 0.529. The van der Waals surface area contributed by atoms with E-state index in [1.165, 1.54) is 12.8 Å². The molecule has 3 rings (SSSR count). The molecule has 0 spiro atoms. The first-order valence-corrected chi connectivity index (χ1v) is 7.80. The van der Waals surface area contributed by atoms with Crippen LogP contribution < -0.4 is 0 Å². The molecule has 0 saturated heterocycles. The first-order chi connectivity index (χ1) is 10.1. The minimum atomic E-state index is -0.231. The molecular formula is C17H22FN3. The number of halogens is 1. The highest BCUT2D eigenvalue weighted by Crippen LogP contribution is 2.34. The quantitative estimate of drug-likeness (QED) is 0.826. The van der Waals surface area contributed by atoms with E-state index in [9.17, 15) is 4.39 Å². The van der Waals surface area contributed by atoms with E-state index in [0.29, 0.717) is 18.2 Å². The van der Waals surface area contributed by atoms with Gasteiger partial charge in [0.1, 0.15) is 5.69 Å². The molecule has 1 aliphatic carbocycles. The number of rotatable bonds is 5. The average molecular weight is 287 g/mol. The highest BCUT2D eigenvalue weighted by molar-refractivity contribution is 5.61. The molecule has 0 unspecified atom stereocenters. The first kappa shape index (κ1) is 14.2. The maximum atomic E-state index is 14.5. The molecule has 1 fully saturated rings. The number of hydrogen-bond acceptors (Lipinski definition) is 2. The van der Waals surface area contributed by atoms with Crippen LogP contribution in [0.2, 0.25) is 0 Å². The lowest BCUT2D eigenvalue weighted by Gasteiger charge is -2.11. The predicted octanol–water partition coefficient (Wildman–Crippen LogP) is 4.18. The molecule has 0 N–H and O–H groups in total. The highest BCUT2D eigenvalue weighted by atomic mass is 19.1. The summed E-state index contributed by atoms with van der Waals surface area (Å²) in [7, 11) is 0. The van der Waals surface area contributed by atoms with Crippen molar-refractivity contribution in [3.63, 3.8) is 0 Å². The molecule has 4 heteroatoms. The van der Waals surface area contributed by atoms with Crippen molar-refractivity contribution < 1.29 is 4.39 Å². The van der Waals surface area contributed by atoms with Gasteiger partial charge in [0.25, 0.3) is 0 Å². The number of nitrogens with zero attached hydrogens (tertiary/aromatic N) is 3. The lowest BCUT2D eigenvalue weighted by atomic mass is 10.0. The van der Waals surface area contributed by atoms with E-state index < -0.39 is 0 Å². The van der Waals surface area contributed by atoms with Crippen molar-refractivity contribution in [2.24, 2.45) is 5.92 Å². The van der Waals surface area contributed by atoms with E-state index in [4.69, 9.17) is 0 Å². The molecule has 21 heavy (non-hydrogen) atoms. The SMILES string of the molecule is CCn1ncc(C(C)C)c1-c1ncc(CC2CC2)cc1F. The largest absolute Gasteiger partial charge is 0.263 e. The number of aromatic nitrogens is 3. The molecular weight excluding hydrogens is 265 g/mol. The molecule has 2 aromatic heterocycles. The normalized spacial score (nSPS) is 14.9. The Morgan fingerprint density at radius 2 is 2.10 bits per heavy atom. The van der Waals surface area contributed by atoms with Gasteiger partial charge >= 0.3 is 0 Å². The van der Waals surface area contributed by atoms with Crippen LogP contribution in [0, 0.1) is 11.7 Å². The summed E-state index contributed by atoms with van der Waals surface area (Å²) in [6, 6.07) is 1.65. The summed E-state index contributed by atoms with van der Waals surface area (Å²) in [5, 5.41) is 4.36. The summed E-state index contributed by atoms with van der Waals surface area (Å²) < 4.78 is 16.4. The van der Waals surface area contributed by atoms with Crippen LogP contribution in [0.5, 0.6) is 0 Å². The Hall–Kier alpha value is -1.71. The first-order valence-electron chi connectivity index (χ1n) is 7.80. The second-order valence-electron chi connectivity index (χ2n) is 6.24. The van der Waals surface area contributed by atoms with E-state index >= 15 is 0 Å². The number of hydrogen-bond donors (Lipinski definition) is 0. The molecule has 2 heterocycles. The Kier molecular flexibility index (Phi) is 3.79. The lowest BCUT2D eigenvalue weighted by molar-refractivity contribution is 0.610. The van der Waals surface area contributed by atoms with Gasteiger partial charge in [0.05, 0.1) is 11.9 Å². The highest BCUT2D eigenvalue weighted by Gasteiger charge is 2.23. The van der Waals surface area contributed by atoms with Gasteiger partial charge in [0, 0.05) is 18.3 Å². The summed E-state index contributed by atoms with van der Waals surface area (Å²) >= 11 is 0. The maximum absolute atomic E-state index is 14.5. The fourth-order valence-corrected chi connectivity index (χ4v) is 2.74. The Bertz CT molecular complexity index is 641. The molecule has 0 amide bonds. The fourth-order valence-electron chi connectivity index (χ4n) is 2.74. The summed E-state index contributed by atoms with van der Waals surface area (Å²) in [5.74, 6) is 0.808. The molecule has 0 atom stereocenters. The van der Waals surface area contributed by atoms with Gasteiger partial charge in [-0.1, -0.05) is 13.8 Å². The lowest BCUT2D eigenvalue weighted by Crippen LogP contribution is -2.05. The summed E-state index contributed by atoms with van der Waals surface area (Å²) in [6.07, 6.45) is 7.15. The third-order valence-corrected chi connectivity index (χ3v) is 4.13. The zero-order valence-corrected chi connectivity index (χ0v) is 12.9. The molecule has 3 nitrogen and oxygen atoms in total. The van der Waals surface area contributed by atoms with Crippen molar-refractivity contribution in [3.05, 3.63) is 35.4 Å². The van der Waals surface area contributed by atoms with Crippen molar-refractivity contribution in [1.29, 1.82) is 0 Å². The molecule has 0 bridgehead atoms. The van der Waals surface area contributed by atoms with E-state index in [1.807, 2.05) is 24.0 Å². The smallest absolute Gasteiger partial charge is 0.151 e. The van der Waals surface area contributed by atoms with Gasteiger partial charge in [-0.2, -0.15) is 5.10 Å². The minimum Gasteiger partial charge on any atom is -0.263 e. The molecule has 2 aromatic rings. The zero-order chi connectivity index (χ0) is 15.0. The van der Waals surface area contributed by atoms with E-state index in [0.717, 1.165) is 29.2 Å². The predicted molar refractivity (Wildman–Crippen MR) is 81.6 cm³/mol. The molecule has 0 aromatic carbocycles. The number of aryl methyl sites for hydroxylation is 1. The van der Waals surface area contributed by atoms with Crippen molar-refractivity contribution in [2.45, 2.75) is 52.5 Å². The van der Waals surface area contributed by atoms with Gasteiger partial charge in [-0.05, 0) is 49.7 Å². The van der Waals surface area contributed by atoms with Crippen molar-refractivity contribution >= 4 is 0 Å². The van der Waals surface area contributed by atoms with Crippen molar-refractivity contribution in [3.8, 4) is 11.4 Å². The van der Waals surface area contributed by atoms with Gasteiger partial charge in [-0.15, -0.1) is 0 Å². The summed E-state index contributed by atoms with van der Waals surface area (Å²) in [6.45, 7) is 6.92. The monoisotopic (exact) mass is 287 g/mol. The molecule has 0 aliphatic heterocycles. The van der Waals surface area contributed by atoms with Crippen molar-refractivity contribution in [1.82, 2.24) is 14.8 Å². The minimum absolute atomic E-state index is 0.231. The van der Waals surface area contributed by atoms with Crippen LogP contribution in [0.25, 0.3) is 11.4 Å². The number of pyridine rings is 1. The van der Waals surface area contributed by atoms with Crippen LogP contribution in [0.15, 0.2) is 18.5 Å². The third kappa shape index (κ3) is 2.85. The van der Waals surface area contributed by atoms with Crippen LogP contribution >= 0.6 is 0 Å². The van der Waals surface area contributed by atoms with Gasteiger partial charge < -0.3 is 0 Å². The topological polar surface area (TPSA) is 30.7 Å². The van der Waals surface area contributed by atoms with Crippen LogP contribution in [0.3, 0.4) is 0 Å². The van der Waals surface area contributed by atoms with Gasteiger partial charge in [-0.3, -0.25) is 9.67 Å². The van der Waals surface area contributed by atoms with Crippen LogP contribution in [-0.2, 0) is 13.0 Å². The summed E-state index contributed by atoms with van der Waals surface area (Å²) in [4.78, 5) is 4.42. The van der Waals surface area contributed by atoms with E-state index in [2.05, 4.69) is 23.9 Å². The van der Waals surface area contributed by atoms with Crippen molar-refractivity contribution in [2.75, 3.05) is 0 Å². The average Bonchev–Trinajstić information content (AvgIpc) is 3.15. The standard InChI is InChI=1S/C17H22FN3/c1-4-21-17(14(10-20-21)11(2)3)16-15(18)8-13(9-19-16)7-12-5-6-12/h8-12H,4-7H2,1-3H3. The zero-order valence-electron chi connectivity index (χ0n) is 12.9. The van der Waals surface area contributed by atoms with Gasteiger partial charge in [-0.25, -0.2) is 4.39 Å². The second kappa shape index (κ2) is 5.58. The Labute approximate surface area is 125 Å². The maximum Gasteiger partial charge on any atom is 0.151 e. The Morgan fingerprint density at radius 1 is 1.33 bits per heavy atom. The molecule has 1 saturated carbocycles. The Morgan fingerprint density at radius 3 is 2.67 bits per heavy atom. The van der Waals surface area contributed by atoms with Crippen LogP contribution in [0.4, 0.5) is 4.39 Å². The van der Waals surface area contributed by atoms with Crippen LogP contribution in [0.1, 0.15) is 50.7 Å². The molecule has 0 radical (unpaired) electrons. The second-order valence-corrected chi connectivity index (χ2v) is 6.24. The van der Waals surface area contributed by atoms with Gasteiger partial charge in [0.2, 0.25) is 0 Å². The Balaban J connectivity index is 2.01. The van der Waals surface area contributed by atoms with Gasteiger partial charge in [0.15, 0.2) is 5.82 Å². The summed E-state index contributed by atoms with van der Waals surface area (Å²) in [5.41, 5.74) is 3.31. The third-order valence-electron chi connectivity index (χ3n) is 4.13. The van der Waals surface area contributed by atoms with E-state index in [-0.39, 0.29) is 5.82 Å². The molecule has 112 valence electrons. The van der Waals surface area contributed by atoms with E-state index in [1.54, 1.807) is 6.07 Å².